The van der Waals surface area contributed by atoms with E-state index in [1.54, 1.807) is 0 Å². The second-order valence-corrected chi connectivity index (χ2v) is 14.8. The third kappa shape index (κ3) is 20.4. The zero-order chi connectivity index (χ0) is 40.4. The van der Waals surface area contributed by atoms with Gasteiger partial charge in [-0.1, -0.05) is 175 Å². The molecule has 5 rings (SSSR count). The van der Waals surface area contributed by atoms with Crippen LogP contribution in [0.15, 0.2) is 127 Å². The Bertz CT molecular complexity index is 1240. The summed E-state index contributed by atoms with van der Waals surface area (Å²) in [6.45, 7) is 21.0. The molecule has 316 valence electrons. The summed E-state index contributed by atoms with van der Waals surface area (Å²) in [5.41, 5.74) is 5.36. The second kappa shape index (κ2) is 34.8. The Morgan fingerprint density at radius 2 is 0.789 bits per heavy atom. The Hall–Kier alpha value is -3.15. The normalized spacial score (nSPS) is 12.0. The van der Waals surface area contributed by atoms with E-state index < -0.39 is 6.15 Å². The average Bonchev–Trinajstić information content (AvgIpc) is 3.86. The van der Waals surface area contributed by atoms with Crippen molar-refractivity contribution < 1.29 is 25.2 Å². The first-order chi connectivity index (χ1) is 27.6. The van der Waals surface area contributed by atoms with Gasteiger partial charge >= 0.3 is 20.4 Å². The van der Waals surface area contributed by atoms with Crippen LogP contribution in [0.2, 0.25) is 0 Å². The van der Waals surface area contributed by atoms with E-state index in [-0.39, 0.29) is 20.4 Å². The number of benzene rings is 4. The van der Waals surface area contributed by atoms with Crippen molar-refractivity contribution in [1.29, 1.82) is 0 Å². The molecule has 1 aliphatic heterocycles. The Labute approximate surface area is 360 Å². The summed E-state index contributed by atoms with van der Waals surface area (Å²) in [6, 6.07) is 43.5. The number of ether oxygens (including phenoxy) is 1. The Morgan fingerprint density at radius 1 is 0.526 bits per heavy atom. The maximum absolute atomic E-state index is 8.00. The quantitative estimate of drug-likeness (QED) is 0.0370. The predicted octanol–water partition coefficient (Wildman–Crippen LogP) is 8.49. The fraction of sp³-hybridized carbons (Fsp3) is 0.500. The molecule has 1 aliphatic rings. The van der Waals surface area contributed by atoms with Crippen LogP contribution in [0.25, 0.3) is 0 Å². The molecule has 0 bridgehead atoms. The van der Waals surface area contributed by atoms with Crippen LogP contribution in [0.3, 0.4) is 0 Å². The summed E-state index contributed by atoms with van der Waals surface area (Å²) in [6.07, 6.45) is 11.9. The van der Waals surface area contributed by atoms with Crippen molar-refractivity contribution in [3.63, 3.8) is 0 Å². The molecular formula is C48H73BN4O3Pd. The molecule has 1 fully saturated rings. The fourth-order valence-electron chi connectivity index (χ4n) is 7.43. The van der Waals surface area contributed by atoms with Crippen molar-refractivity contribution in [2.45, 2.75) is 91.9 Å². The van der Waals surface area contributed by atoms with Gasteiger partial charge in [-0.25, -0.2) is 0 Å². The summed E-state index contributed by atoms with van der Waals surface area (Å²) in [4.78, 5) is 13.3. The molecule has 0 amide bonds. The molecular weight excluding hydrogens is 798 g/mol. The number of nitrogens with zero attached hydrogens (tertiary/aromatic N) is 3. The SMILES string of the molecule is C1CCOC1.CCCCN(CCCC)CCNCCN(CCCC)CCCC.O=N[O-].[Pd+2].c1ccc([B-](c2ccccc2)(c2ccccc2)c2ccccc2)cc1. The summed E-state index contributed by atoms with van der Waals surface area (Å²) < 4.78 is 4.94. The van der Waals surface area contributed by atoms with Gasteiger partial charge in [-0.15, -0.1) is 5.34 Å². The van der Waals surface area contributed by atoms with Gasteiger partial charge in [0.1, 0.15) is 6.15 Å². The molecule has 1 heterocycles. The molecule has 57 heavy (non-hydrogen) atoms. The molecule has 0 saturated carbocycles. The molecule has 0 radical (unpaired) electrons. The standard InChI is InChI=1S/C24H20B.C20H45N3.C4H8O.HNO2.Pd/c1-5-13-21(14-6-1)25(22-15-7-2-8-16-22,23-17-9-3-10-18-23)24-19-11-4-12-20-24;1-5-9-15-22(16-10-6-2)19-13-21-14-20-23(17-11-7-3)18-12-8-4;1-2-4-5-3-1;2-1-3;/h1-20H;21H,5-20H2,1-4H3;1-4H2;(H,2,3);/q-1;;;;+2/p-1. The van der Waals surface area contributed by atoms with Gasteiger partial charge in [0.05, 0.1) is 0 Å². The smallest absolute Gasteiger partial charge is 0.444 e. The van der Waals surface area contributed by atoms with Crippen LogP contribution in [-0.4, -0.2) is 81.5 Å². The van der Waals surface area contributed by atoms with Crippen LogP contribution in [-0.2, 0) is 25.2 Å². The van der Waals surface area contributed by atoms with Gasteiger partial charge in [0.15, 0.2) is 0 Å². The van der Waals surface area contributed by atoms with Crippen LogP contribution < -0.4 is 27.2 Å². The van der Waals surface area contributed by atoms with Gasteiger partial charge in [-0.05, 0) is 64.7 Å². The molecule has 0 aliphatic carbocycles. The van der Waals surface area contributed by atoms with E-state index in [1.807, 2.05) is 0 Å². The van der Waals surface area contributed by atoms with E-state index >= 15 is 0 Å². The van der Waals surface area contributed by atoms with Crippen molar-refractivity contribution >= 4 is 28.0 Å². The van der Waals surface area contributed by atoms with Crippen LogP contribution in [0.1, 0.15) is 91.9 Å². The van der Waals surface area contributed by atoms with E-state index in [9.17, 15) is 0 Å². The maximum atomic E-state index is 8.00. The van der Waals surface area contributed by atoms with Crippen LogP contribution >= 0.6 is 0 Å². The number of unbranched alkanes of at least 4 members (excludes halogenated alkanes) is 4. The van der Waals surface area contributed by atoms with Crippen molar-refractivity contribution in [2.75, 3.05) is 65.6 Å². The fourth-order valence-corrected chi connectivity index (χ4v) is 7.43. The van der Waals surface area contributed by atoms with Crippen molar-refractivity contribution in [1.82, 2.24) is 15.1 Å². The molecule has 1 N–H and O–H groups in total. The molecule has 0 aromatic heterocycles. The van der Waals surface area contributed by atoms with Gasteiger partial charge in [0.2, 0.25) is 0 Å². The molecule has 4 aromatic carbocycles. The van der Waals surface area contributed by atoms with E-state index in [2.05, 4.69) is 164 Å². The van der Waals surface area contributed by atoms with Gasteiger partial charge in [-0.2, -0.15) is 21.9 Å². The molecule has 0 unspecified atom stereocenters. The van der Waals surface area contributed by atoms with Gasteiger partial charge in [0, 0.05) is 39.4 Å². The molecule has 0 atom stereocenters. The third-order valence-electron chi connectivity index (χ3n) is 10.5. The molecule has 0 spiro atoms. The van der Waals surface area contributed by atoms with Crippen LogP contribution in [0, 0.1) is 10.1 Å². The van der Waals surface area contributed by atoms with E-state index in [4.69, 9.17) is 14.9 Å². The summed E-state index contributed by atoms with van der Waals surface area (Å²) in [5.74, 6) is 0. The van der Waals surface area contributed by atoms with Crippen molar-refractivity contribution in [3.05, 3.63) is 131 Å². The largest absolute Gasteiger partial charge is 2.00 e. The summed E-state index contributed by atoms with van der Waals surface area (Å²) in [5, 5.41) is 12.7. The minimum absolute atomic E-state index is 0. The zero-order valence-corrected chi connectivity index (χ0v) is 37.2. The van der Waals surface area contributed by atoms with Crippen molar-refractivity contribution in [3.8, 4) is 0 Å². The Kier molecular flexibility index (Phi) is 31.7. The maximum Gasteiger partial charge on any atom is 2.00 e. The summed E-state index contributed by atoms with van der Waals surface area (Å²) in [7, 11) is 0. The van der Waals surface area contributed by atoms with Gasteiger partial charge in [0.25, 0.3) is 0 Å². The number of hydrogen-bond donors (Lipinski definition) is 1. The van der Waals surface area contributed by atoms with Crippen LogP contribution in [0.4, 0.5) is 0 Å². The second-order valence-electron chi connectivity index (χ2n) is 14.8. The number of nitrogens with one attached hydrogen (secondary N) is 1. The predicted molar refractivity (Wildman–Crippen MR) is 245 cm³/mol. The first-order valence-corrected chi connectivity index (χ1v) is 21.7. The first-order valence-electron chi connectivity index (χ1n) is 21.7. The van der Waals surface area contributed by atoms with E-state index in [1.165, 1.54) is 125 Å². The summed E-state index contributed by atoms with van der Waals surface area (Å²) >= 11 is 0. The Balaban J connectivity index is 0.000000472. The third-order valence-corrected chi connectivity index (χ3v) is 10.5. The molecule has 9 heteroatoms. The van der Waals surface area contributed by atoms with Crippen LogP contribution in [0.5, 0.6) is 0 Å². The topological polar surface area (TPSA) is 80.2 Å². The number of hydrogen-bond acceptors (Lipinski definition) is 7. The van der Waals surface area contributed by atoms with Gasteiger partial charge < -0.3 is 30.0 Å². The number of rotatable bonds is 22. The zero-order valence-electron chi connectivity index (χ0n) is 35.6. The van der Waals surface area contributed by atoms with Gasteiger partial charge in [-0.3, -0.25) is 0 Å². The average molecular weight is 871 g/mol. The van der Waals surface area contributed by atoms with E-state index in [0.29, 0.717) is 0 Å². The molecule has 7 nitrogen and oxygen atoms in total. The minimum Gasteiger partial charge on any atom is -0.444 e. The first kappa shape index (κ1) is 51.9. The molecule has 4 aromatic rings. The van der Waals surface area contributed by atoms with Crippen molar-refractivity contribution in [2.24, 2.45) is 5.34 Å². The monoisotopic (exact) mass is 870 g/mol. The minimum atomic E-state index is -1.22. The Morgan fingerprint density at radius 3 is 1.00 bits per heavy atom. The molecule has 1 saturated heterocycles. The van der Waals surface area contributed by atoms with E-state index in [0.717, 1.165) is 31.6 Å².